The number of hydrogen-bond acceptors (Lipinski definition) is 5. The Hall–Kier alpha value is -2.22. The van der Waals surface area contributed by atoms with Gasteiger partial charge in [-0.05, 0) is 51.0 Å². The molecular weight excluding hydrogens is 372 g/mol. The summed E-state index contributed by atoms with van der Waals surface area (Å²) in [6.45, 7) is 2.76. The lowest BCUT2D eigenvalue weighted by Crippen LogP contribution is -2.43. The highest BCUT2D eigenvalue weighted by molar-refractivity contribution is 5.93. The first-order chi connectivity index (χ1) is 14.1. The lowest BCUT2D eigenvalue weighted by molar-refractivity contribution is -0.134. The zero-order valence-electron chi connectivity index (χ0n) is 17.1. The summed E-state index contributed by atoms with van der Waals surface area (Å²) in [5, 5.41) is 12.2. The molecule has 0 radical (unpaired) electrons. The minimum absolute atomic E-state index is 0.113. The van der Waals surface area contributed by atoms with Crippen LogP contribution in [0.1, 0.15) is 44.6 Å². The molecule has 0 aliphatic heterocycles. The highest BCUT2D eigenvalue weighted by atomic mass is 16.7. The van der Waals surface area contributed by atoms with Gasteiger partial charge in [0, 0.05) is 18.1 Å². The average Bonchev–Trinajstić information content (AvgIpc) is 2.76. The number of nitrogens with one attached hydrogen (secondary N) is 2. The average molecular weight is 405 g/mol. The van der Waals surface area contributed by atoms with Crippen LogP contribution < -0.4 is 10.8 Å². The van der Waals surface area contributed by atoms with Gasteiger partial charge in [-0.1, -0.05) is 36.4 Å². The van der Waals surface area contributed by atoms with E-state index in [1.54, 1.807) is 5.48 Å². The van der Waals surface area contributed by atoms with Crippen molar-refractivity contribution in [2.24, 2.45) is 5.92 Å². The lowest BCUT2D eigenvalue weighted by Gasteiger charge is -2.24. The molecule has 0 fully saturated rings. The van der Waals surface area contributed by atoms with Crippen molar-refractivity contribution in [3.63, 3.8) is 0 Å². The van der Waals surface area contributed by atoms with Crippen molar-refractivity contribution in [1.29, 1.82) is 0 Å². The zero-order chi connectivity index (χ0) is 20.9. The molecule has 160 valence electrons. The molecule has 0 unspecified atom stereocenters. The van der Waals surface area contributed by atoms with Gasteiger partial charge >= 0.3 is 0 Å². The zero-order valence-corrected chi connectivity index (χ0v) is 17.1. The third kappa shape index (κ3) is 8.35. The van der Waals surface area contributed by atoms with Crippen LogP contribution in [0.15, 0.2) is 42.0 Å². The topological polar surface area (TPSA) is 96.9 Å². The molecule has 7 heteroatoms. The Balaban J connectivity index is 2.05. The molecule has 2 atom stereocenters. The van der Waals surface area contributed by atoms with Crippen LogP contribution in [-0.2, 0) is 25.5 Å². The van der Waals surface area contributed by atoms with E-state index in [2.05, 4.69) is 5.32 Å². The Bertz CT molecular complexity index is 662. The normalized spacial score (nSPS) is 15.9. The molecule has 1 aromatic carbocycles. The van der Waals surface area contributed by atoms with Crippen molar-refractivity contribution in [2.45, 2.75) is 51.5 Å². The van der Waals surface area contributed by atoms with Crippen LogP contribution >= 0.6 is 0 Å². The van der Waals surface area contributed by atoms with Gasteiger partial charge in [0.1, 0.15) is 6.79 Å². The van der Waals surface area contributed by atoms with E-state index in [1.165, 1.54) is 0 Å². The minimum atomic E-state index is -0.510. The van der Waals surface area contributed by atoms with Gasteiger partial charge in [0.2, 0.25) is 11.8 Å². The maximum atomic E-state index is 12.7. The van der Waals surface area contributed by atoms with E-state index < -0.39 is 11.8 Å². The molecule has 0 saturated heterocycles. The molecule has 7 nitrogen and oxygen atoms in total. The van der Waals surface area contributed by atoms with E-state index in [0.29, 0.717) is 19.4 Å². The quantitative estimate of drug-likeness (QED) is 0.215. The van der Waals surface area contributed by atoms with Gasteiger partial charge in [0.05, 0.1) is 12.6 Å². The molecule has 2 rings (SSSR count). The van der Waals surface area contributed by atoms with Crippen molar-refractivity contribution in [3.05, 3.63) is 47.5 Å². The van der Waals surface area contributed by atoms with E-state index in [-0.39, 0.29) is 25.3 Å². The first-order valence-electron chi connectivity index (χ1n) is 10.3. The predicted molar refractivity (Wildman–Crippen MR) is 109 cm³/mol. The number of carbonyl (C=O) groups excluding carboxylic acids is 2. The van der Waals surface area contributed by atoms with Crippen LogP contribution in [0.25, 0.3) is 0 Å². The van der Waals surface area contributed by atoms with Crippen LogP contribution in [0.2, 0.25) is 0 Å². The molecular formula is C22H32N2O5. The number of carbonyl (C=O) groups is 2. The molecule has 29 heavy (non-hydrogen) atoms. The lowest BCUT2D eigenvalue weighted by atomic mass is 9.91. The second-order valence-corrected chi connectivity index (χ2v) is 7.23. The monoisotopic (exact) mass is 404 g/mol. The first kappa shape index (κ1) is 23.1. The van der Waals surface area contributed by atoms with Gasteiger partial charge in [-0.2, -0.15) is 0 Å². The van der Waals surface area contributed by atoms with E-state index in [0.717, 1.165) is 36.8 Å². The Morgan fingerprint density at radius 3 is 2.62 bits per heavy atom. The predicted octanol–water partition coefficient (Wildman–Crippen LogP) is 2.74. The number of amides is 2. The minimum Gasteiger partial charge on any atom is -0.356 e. The summed E-state index contributed by atoms with van der Waals surface area (Å²) in [6, 6.07) is 9.21. The molecule has 0 aromatic heterocycles. The van der Waals surface area contributed by atoms with Gasteiger partial charge in [0.25, 0.3) is 0 Å². The Kier molecular flexibility index (Phi) is 10.4. The maximum absolute atomic E-state index is 12.7. The SMILES string of the molecule is CCOCOC[C@H](C[C@H](Cc1ccccc1)C(=O)NO)NC(=O)C1=CCCCC1. The van der Waals surface area contributed by atoms with Crippen LogP contribution in [-0.4, -0.2) is 43.1 Å². The molecule has 3 N–H and O–H groups in total. The van der Waals surface area contributed by atoms with Crippen molar-refractivity contribution in [1.82, 2.24) is 10.8 Å². The molecule has 0 bridgehead atoms. The Labute approximate surface area is 172 Å². The van der Waals surface area contributed by atoms with Crippen LogP contribution in [0.3, 0.4) is 0 Å². The number of hydroxylamine groups is 1. The van der Waals surface area contributed by atoms with Crippen LogP contribution in [0, 0.1) is 5.92 Å². The summed E-state index contributed by atoms with van der Waals surface area (Å²) in [4.78, 5) is 24.9. The van der Waals surface area contributed by atoms with Crippen molar-refractivity contribution in [2.75, 3.05) is 20.0 Å². The molecule has 2 amide bonds. The fourth-order valence-electron chi connectivity index (χ4n) is 3.44. The van der Waals surface area contributed by atoms with E-state index in [9.17, 15) is 14.8 Å². The highest BCUT2D eigenvalue weighted by Gasteiger charge is 2.25. The van der Waals surface area contributed by atoms with Crippen molar-refractivity contribution < 1.29 is 24.3 Å². The summed E-state index contributed by atoms with van der Waals surface area (Å²) in [7, 11) is 0. The van der Waals surface area contributed by atoms with Gasteiger partial charge < -0.3 is 14.8 Å². The summed E-state index contributed by atoms with van der Waals surface area (Å²) < 4.78 is 10.7. The first-order valence-corrected chi connectivity index (χ1v) is 10.3. The number of hydrogen-bond donors (Lipinski definition) is 3. The third-order valence-electron chi connectivity index (χ3n) is 4.98. The number of allylic oxidation sites excluding steroid dienone is 1. The number of benzene rings is 1. The molecule has 1 aliphatic carbocycles. The van der Waals surface area contributed by atoms with Gasteiger partial charge in [-0.3, -0.25) is 14.8 Å². The Morgan fingerprint density at radius 1 is 1.17 bits per heavy atom. The van der Waals surface area contributed by atoms with Crippen LogP contribution in [0.5, 0.6) is 0 Å². The fourth-order valence-corrected chi connectivity index (χ4v) is 3.44. The van der Waals surface area contributed by atoms with Crippen molar-refractivity contribution >= 4 is 11.8 Å². The van der Waals surface area contributed by atoms with E-state index in [4.69, 9.17) is 9.47 Å². The second-order valence-electron chi connectivity index (χ2n) is 7.23. The van der Waals surface area contributed by atoms with Gasteiger partial charge in [-0.25, -0.2) is 5.48 Å². The highest BCUT2D eigenvalue weighted by Crippen LogP contribution is 2.19. The Morgan fingerprint density at radius 2 is 1.97 bits per heavy atom. The van der Waals surface area contributed by atoms with Crippen LogP contribution in [0.4, 0.5) is 0 Å². The molecule has 0 spiro atoms. The smallest absolute Gasteiger partial charge is 0.247 e. The third-order valence-corrected chi connectivity index (χ3v) is 4.98. The molecule has 0 heterocycles. The summed E-state index contributed by atoms with van der Waals surface area (Å²) in [5.41, 5.74) is 3.53. The summed E-state index contributed by atoms with van der Waals surface area (Å²) in [5.74, 6) is -1.10. The molecule has 1 aliphatic rings. The van der Waals surface area contributed by atoms with Crippen molar-refractivity contribution in [3.8, 4) is 0 Å². The molecule has 1 aromatic rings. The fraction of sp³-hybridized carbons (Fsp3) is 0.545. The van der Waals surface area contributed by atoms with Gasteiger partial charge in [0.15, 0.2) is 0 Å². The van der Waals surface area contributed by atoms with E-state index >= 15 is 0 Å². The molecule has 0 saturated carbocycles. The summed E-state index contributed by atoms with van der Waals surface area (Å²) in [6.07, 6.45) is 6.57. The number of ether oxygens (including phenoxy) is 2. The second kappa shape index (κ2) is 13.1. The number of rotatable bonds is 12. The largest absolute Gasteiger partial charge is 0.356 e. The van der Waals surface area contributed by atoms with Gasteiger partial charge in [-0.15, -0.1) is 0 Å². The summed E-state index contributed by atoms with van der Waals surface area (Å²) >= 11 is 0. The van der Waals surface area contributed by atoms with E-state index in [1.807, 2.05) is 43.3 Å². The standard InChI is InChI=1S/C22H32N2O5/c1-2-28-16-29-15-20(23-21(25)18-11-7-4-8-12-18)14-19(22(26)24-27)13-17-9-5-3-6-10-17/h3,5-6,9-11,19-20,27H,2,4,7-8,12-16H2,1H3,(H,23,25)(H,24,26)/t19-,20-/m0/s1. The maximum Gasteiger partial charge on any atom is 0.247 e.